The highest BCUT2D eigenvalue weighted by atomic mass is 79.9. The molecule has 0 aliphatic carbocycles. The predicted octanol–water partition coefficient (Wildman–Crippen LogP) is 1.98. The van der Waals surface area contributed by atoms with Crippen molar-refractivity contribution in [2.45, 2.75) is 13.5 Å². The second-order valence-electron chi connectivity index (χ2n) is 3.37. The zero-order chi connectivity index (χ0) is 11.3. The Morgan fingerprint density at radius 2 is 2.40 bits per heavy atom. The lowest BCUT2D eigenvalue weighted by atomic mass is 10.1. The second kappa shape index (κ2) is 6.25. The monoisotopic (exact) mass is 290 g/mol. The Morgan fingerprint density at radius 1 is 1.67 bits per heavy atom. The lowest BCUT2D eigenvalue weighted by molar-refractivity contribution is -0.124. The van der Waals surface area contributed by atoms with Crippen LogP contribution in [-0.4, -0.2) is 19.5 Å². The van der Waals surface area contributed by atoms with Crippen LogP contribution in [0.2, 0.25) is 0 Å². The topological polar surface area (TPSA) is 41.1 Å². The molecule has 1 unspecified atom stereocenters. The van der Waals surface area contributed by atoms with Gasteiger partial charge < -0.3 is 10.6 Å². The maximum absolute atomic E-state index is 11.6. The Bertz CT molecular complexity index is 327. The first-order valence-electron chi connectivity index (χ1n) is 4.79. The van der Waals surface area contributed by atoms with Gasteiger partial charge >= 0.3 is 0 Å². The Labute approximate surface area is 102 Å². The highest BCUT2D eigenvalue weighted by Crippen LogP contribution is 2.22. The fourth-order valence-corrected chi connectivity index (χ4v) is 2.62. The molecule has 0 fully saturated rings. The predicted molar refractivity (Wildman–Crippen MR) is 67.0 cm³/mol. The van der Waals surface area contributed by atoms with E-state index >= 15 is 0 Å². The largest absolute Gasteiger partial charge is 0.351 e. The van der Waals surface area contributed by atoms with E-state index in [-0.39, 0.29) is 11.8 Å². The van der Waals surface area contributed by atoms with Crippen molar-refractivity contribution in [2.24, 2.45) is 5.92 Å². The summed E-state index contributed by atoms with van der Waals surface area (Å²) in [5.41, 5.74) is 0. The van der Waals surface area contributed by atoms with Crippen molar-refractivity contribution in [1.29, 1.82) is 0 Å². The summed E-state index contributed by atoms with van der Waals surface area (Å²) in [5.74, 6) is 0.0957. The van der Waals surface area contributed by atoms with Gasteiger partial charge in [-0.25, -0.2) is 0 Å². The van der Waals surface area contributed by atoms with Gasteiger partial charge in [0.1, 0.15) is 0 Å². The van der Waals surface area contributed by atoms with Crippen LogP contribution in [0.4, 0.5) is 0 Å². The van der Waals surface area contributed by atoms with Crippen molar-refractivity contribution in [3.63, 3.8) is 0 Å². The maximum Gasteiger partial charge on any atom is 0.224 e. The number of rotatable bonds is 5. The summed E-state index contributed by atoms with van der Waals surface area (Å²) in [6, 6.07) is 1.99. The van der Waals surface area contributed by atoms with E-state index in [0.717, 1.165) is 9.35 Å². The summed E-state index contributed by atoms with van der Waals surface area (Å²) in [4.78, 5) is 12.7. The molecule has 0 aromatic carbocycles. The summed E-state index contributed by atoms with van der Waals surface area (Å²) >= 11 is 5.07. The van der Waals surface area contributed by atoms with E-state index in [9.17, 15) is 4.79 Å². The number of carbonyl (C=O) groups excluding carboxylic acids is 1. The molecular formula is C10H15BrN2OS. The number of carbonyl (C=O) groups is 1. The number of thiophene rings is 1. The minimum Gasteiger partial charge on any atom is -0.351 e. The molecular weight excluding hydrogens is 276 g/mol. The van der Waals surface area contributed by atoms with Gasteiger partial charge in [-0.05, 0) is 34.4 Å². The van der Waals surface area contributed by atoms with E-state index in [2.05, 4.69) is 26.6 Å². The third kappa shape index (κ3) is 3.93. The van der Waals surface area contributed by atoms with E-state index in [1.807, 2.05) is 25.4 Å². The smallest absolute Gasteiger partial charge is 0.224 e. The number of halogens is 1. The summed E-state index contributed by atoms with van der Waals surface area (Å²) in [6.45, 7) is 3.22. The summed E-state index contributed by atoms with van der Waals surface area (Å²) < 4.78 is 1.06. The molecule has 0 radical (unpaired) electrons. The fraction of sp³-hybridized carbons (Fsp3) is 0.500. The van der Waals surface area contributed by atoms with Gasteiger partial charge in [0.25, 0.3) is 0 Å². The quantitative estimate of drug-likeness (QED) is 0.871. The molecule has 1 aromatic rings. The molecule has 0 aliphatic rings. The van der Waals surface area contributed by atoms with Crippen LogP contribution in [0.1, 0.15) is 11.8 Å². The lowest BCUT2D eigenvalue weighted by Gasteiger charge is -2.10. The average molecular weight is 291 g/mol. The molecule has 2 N–H and O–H groups in total. The first kappa shape index (κ1) is 12.7. The van der Waals surface area contributed by atoms with Gasteiger partial charge in [-0.3, -0.25) is 4.79 Å². The normalized spacial score (nSPS) is 12.5. The van der Waals surface area contributed by atoms with E-state index in [4.69, 9.17) is 0 Å². The molecule has 84 valence electrons. The van der Waals surface area contributed by atoms with Crippen molar-refractivity contribution < 1.29 is 4.79 Å². The van der Waals surface area contributed by atoms with Gasteiger partial charge in [0.2, 0.25) is 5.91 Å². The Hall–Kier alpha value is -0.390. The summed E-state index contributed by atoms with van der Waals surface area (Å²) in [5, 5.41) is 7.90. The fourth-order valence-electron chi connectivity index (χ4n) is 1.19. The van der Waals surface area contributed by atoms with Gasteiger partial charge in [-0.2, -0.15) is 0 Å². The molecule has 0 spiro atoms. The molecule has 1 amide bonds. The van der Waals surface area contributed by atoms with Crippen LogP contribution in [0.5, 0.6) is 0 Å². The van der Waals surface area contributed by atoms with E-state index in [0.29, 0.717) is 13.1 Å². The summed E-state index contributed by atoms with van der Waals surface area (Å²) in [7, 11) is 1.85. The van der Waals surface area contributed by atoms with E-state index < -0.39 is 0 Å². The van der Waals surface area contributed by atoms with Crippen LogP contribution in [-0.2, 0) is 11.3 Å². The van der Waals surface area contributed by atoms with Crippen LogP contribution < -0.4 is 10.6 Å². The van der Waals surface area contributed by atoms with Crippen LogP contribution in [0.25, 0.3) is 0 Å². The average Bonchev–Trinajstić information content (AvgIpc) is 2.61. The van der Waals surface area contributed by atoms with E-state index in [1.165, 1.54) is 0 Å². The van der Waals surface area contributed by atoms with Crippen LogP contribution in [0, 0.1) is 5.92 Å². The molecule has 0 bridgehead atoms. The van der Waals surface area contributed by atoms with Gasteiger partial charge in [0.15, 0.2) is 0 Å². The van der Waals surface area contributed by atoms with Gasteiger partial charge in [0.05, 0.1) is 6.54 Å². The first-order chi connectivity index (χ1) is 7.15. The third-order valence-corrected chi connectivity index (χ3v) is 4.00. The van der Waals surface area contributed by atoms with Crippen molar-refractivity contribution in [3.8, 4) is 0 Å². The highest BCUT2D eigenvalue weighted by molar-refractivity contribution is 9.10. The molecule has 0 saturated carbocycles. The Morgan fingerprint density at radius 3 is 2.93 bits per heavy atom. The van der Waals surface area contributed by atoms with Crippen molar-refractivity contribution in [1.82, 2.24) is 10.6 Å². The molecule has 1 aromatic heterocycles. The maximum atomic E-state index is 11.6. The molecule has 1 atom stereocenters. The molecule has 15 heavy (non-hydrogen) atoms. The Balaban J connectivity index is 2.37. The number of amides is 1. The molecule has 3 nitrogen and oxygen atoms in total. The number of hydrogen-bond donors (Lipinski definition) is 2. The zero-order valence-electron chi connectivity index (χ0n) is 8.84. The molecule has 0 saturated heterocycles. The van der Waals surface area contributed by atoms with Crippen LogP contribution in [0.3, 0.4) is 0 Å². The van der Waals surface area contributed by atoms with Crippen LogP contribution in [0.15, 0.2) is 15.9 Å². The number of nitrogens with one attached hydrogen (secondary N) is 2. The number of hydrogen-bond acceptors (Lipinski definition) is 3. The molecule has 0 aliphatic heterocycles. The lowest BCUT2D eigenvalue weighted by Crippen LogP contribution is -2.33. The minimum absolute atomic E-state index is 0.00809. The molecule has 1 rings (SSSR count). The van der Waals surface area contributed by atoms with Gasteiger partial charge in [-0.15, -0.1) is 11.3 Å². The van der Waals surface area contributed by atoms with Gasteiger partial charge in [-0.1, -0.05) is 6.92 Å². The molecule has 5 heteroatoms. The molecule has 1 heterocycles. The second-order valence-corrected chi connectivity index (χ2v) is 5.22. The third-order valence-electron chi connectivity index (χ3n) is 2.07. The van der Waals surface area contributed by atoms with Crippen LogP contribution >= 0.6 is 27.3 Å². The highest BCUT2D eigenvalue weighted by Gasteiger charge is 2.11. The van der Waals surface area contributed by atoms with E-state index in [1.54, 1.807) is 11.3 Å². The standard InChI is InChI=1S/C10H15BrN2OS/c1-7(5-12-2)10(14)13-6-9-8(11)3-4-15-9/h3-4,7,12H,5-6H2,1-2H3,(H,13,14). The van der Waals surface area contributed by atoms with Crippen molar-refractivity contribution in [2.75, 3.05) is 13.6 Å². The summed E-state index contributed by atoms with van der Waals surface area (Å²) in [6.07, 6.45) is 0. The van der Waals surface area contributed by atoms with Gasteiger partial charge in [0, 0.05) is 21.8 Å². The minimum atomic E-state index is 0.00809. The van der Waals surface area contributed by atoms with Crippen molar-refractivity contribution >= 4 is 33.2 Å². The van der Waals surface area contributed by atoms with Crippen molar-refractivity contribution in [3.05, 3.63) is 20.8 Å². The zero-order valence-corrected chi connectivity index (χ0v) is 11.2. The first-order valence-corrected chi connectivity index (χ1v) is 6.46. The Kier molecular flexibility index (Phi) is 5.28. The SMILES string of the molecule is CNCC(C)C(=O)NCc1sccc1Br.